The molecule has 0 atom stereocenters. The maximum atomic E-state index is 12.4. The zero-order chi connectivity index (χ0) is 13.8. The Hall–Kier alpha value is -0.600. The molecule has 0 aromatic carbocycles. The molecular weight excluding hydrogens is 269 g/mol. The van der Waals surface area contributed by atoms with Crippen LogP contribution in [0.5, 0.6) is 0 Å². The van der Waals surface area contributed by atoms with Crippen molar-refractivity contribution in [3.63, 3.8) is 0 Å². The second-order valence-corrected chi connectivity index (χ2v) is 6.24. The molecule has 0 radical (unpaired) electrons. The summed E-state index contributed by atoms with van der Waals surface area (Å²) in [6.07, 6.45) is -2.65. The highest BCUT2D eigenvalue weighted by Crippen LogP contribution is 2.30. The monoisotopic (exact) mass is 286 g/mol. The number of nitrogens with two attached hydrogens (primary N) is 1. The van der Waals surface area contributed by atoms with E-state index >= 15 is 0 Å². The summed E-state index contributed by atoms with van der Waals surface area (Å²) in [5.41, 5.74) is 4.62. The fraction of sp³-hybridized carbons (Fsp3) is 0.800. The largest absolute Gasteiger partial charge is 0.412 e. The van der Waals surface area contributed by atoms with E-state index in [1.807, 2.05) is 0 Å². The Morgan fingerprint density at radius 1 is 1.33 bits per heavy atom. The van der Waals surface area contributed by atoms with Crippen LogP contribution in [0.3, 0.4) is 0 Å². The van der Waals surface area contributed by atoms with Gasteiger partial charge >= 0.3 is 6.18 Å². The third-order valence-electron chi connectivity index (χ3n) is 2.79. The van der Waals surface area contributed by atoms with E-state index in [-0.39, 0.29) is 25.3 Å². The van der Waals surface area contributed by atoms with Crippen molar-refractivity contribution in [2.75, 3.05) is 25.4 Å². The number of sulfonamides is 1. The minimum atomic E-state index is -4.35. The van der Waals surface area contributed by atoms with Gasteiger partial charge in [-0.2, -0.15) is 17.5 Å². The van der Waals surface area contributed by atoms with E-state index < -0.39 is 21.8 Å². The summed E-state index contributed by atoms with van der Waals surface area (Å²) in [6, 6.07) is 0. The highest BCUT2D eigenvalue weighted by molar-refractivity contribution is 7.89. The number of halogens is 3. The van der Waals surface area contributed by atoms with E-state index in [0.717, 1.165) is 10.4 Å². The van der Waals surface area contributed by atoms with Crippen molar-refractivity contribution in [1.29, 1.82) is 0 Å². The van der Waals surface area contributed by atoms with Crippen LogP contribution in [0.1, 0.15) is 19.3 Å². The van der Waals surface area contributed by atoms with Gasteiger partial charge in [0, 0.05) is 18.7 Å². The predicted molar refractivity (Wildman–Crippen MR) is 62.4 cm³/mol. The first-order valence-corrected chi connectivity index (χ1v) is 7.32. The lowest BCUT2D eigenvalue weighted by molar-refractivity contribution is -0.0953. The molecule has 106 valence electrons. The molecule has 0 saturated carbocycles. The standard InChI is InChI=1S/C10H17F3N2O2S/c11-10(12,13)9-3-6-15(7-4-9)18(16,17)8-2-1-5-14/h3H,1-2,4-8,14H2. The van der Waals surface area contributed by atoms with Crippen LogP contribution in [-0.4, -0.2) is 44.3 Å². The summed E-state index contributed by atoms with van der Waals surface area (Å²) >= 11 is 0. The molecule has 0 saturated heterocycles. The highest BCUT2D eigenvalue weighted by Gasteiger charge is 2.36. The van der Waals surface area contributed by atoms with Crippen LogP contribution in [-0.2, 0) is 10.0 Å². The summed E-state index contributed by atoms with van der Waals surface area (Å²) in [5, 5.41) is 0. The van der Waals surface area contributed by atoms with Gasteiger partial charge in [-0.05, 0) is 25.8 Å². The Labute approximate surface area is 105 Å². The molecule has 0 spiro atoms. The normalized spacial score (nSPS) is 18.8. The molecule has 0 amide bonds. The minimum Gasteiger partial charge on any atom is -0.330 e. The van der Waals surface area contributed by atoms with E-state index in [9.17, 15) is 21.6 Å². The summed E-state index contributed by atoms with van der Waals surface area (Å²) in [6.45, 7) is 0.115. The maximum absolute atomic E-state index is 12.4. The molecule has 18 heavy (non-hydrogen) atoms. The summed E-state index contributed by atoms with van der Waals surface area (Å²) in [4.78, 5) is 0. The lowest BCUT2D eigenvalue weighted by atomic mass is 10.1. The first-order chi connectivity index (χ1) is 8.27. The van der Waals surface area contributed by atoms with E-state index in [1.165, 1.54) is 0 Å². The molecule has 1 heterocycles. The molecule has 1 aliphatic heterocycles. The van der Waals surface area contributed by atoms with Crippen LogP contribution in [0, 0.1) is 0 Å². The molecule has 0 unspecified atom stereocenters. The van der Waals surface area contributed by atoms with Crippen molar-refractivity contribution >= 4 is 10.0 Å². The smallest absolute Gasteiger partial charge is 0.330 e. The maximum Gasteiger partial charge on any atom is 0.412 e. The molecule has 0 bridgehead atoms. The van der Waals surface area contributed by atoms with Crippen LogP contribution in [0.15, 0.2) is 11.6 Å². The van der Waals surface area contributed by atoms with Gasteiger partial charge in [0.05, 0.1) is 5.75 Å². The molecule has 0 aliphatic carbocycles. The van der Waals surface area contributed by atoms with Crippen LogP contribution in [0.2, 0.25) is 0 Å². The van der Waals surface area contributed by atoms with Crippen molar-refractivity contribution in [3.8, 4) is 0 Å². The molecule has 1 rings (SSSR count). The van der Waals surface area contributed by atoms with Gasteiger partial charge in [0.25, 0.3) is 0 Å². The first-order valence-electron chi connectivity index (χ1n) is 5.71. The summed E-state index contributed by atoms with van der Waals surface area (Å²) in [5.74, 6) is -0.0562. The number of unbranched alkanes of at least 4 members (excludes halogenated alkanes) is 1. The van der Waals surface area contributed by atoms with E-state index in [4.69, 9.17) is 5.73 Å². The Kier molecular flexibility index (Phi) is 5.18. The quantitative estimate of drug-likeness (QED) is 0.611. The number of hydrogen-bond acceptors (Lipinski definition) is 3. The van der Waals surface area contributed by atoms with Gasteiger partial charge in [0.15, 0.2) is 0 Å². The zero-order valence-electron chi connectivity index (χ0n) is 9.91. The molecule has 8 heteroatoms. The van der Waals surface area contributed by atoms with Crippen molar-refractivity contribution in [2.45, 2.75) is 25.4 Å². The van der Waals surface area contributed by atoms with Gasteiger partial charge in [0.2, 0.25) is 10.0 Å². The molecule has 0 fully saturated rings. The predicted octanol–water partition coefficient (Wildman–Crippen LogP) is 1.25. The van der Waals surface area contributed by atoms with Gasteiger partial charge in [-0.25, -0.2) is 8.42 Å². The van der Waals surface area contributed by atoms with Gasteiger partial charge in [-0.3, -0.25) is 0 Å². The van der Waals surface area contributed by atoms with Gasteiger partial charge < -0.3 is 5.73 Å². The Bertz CT molecular complexity index is 404. The number of hydrogen-bond donors (Lipinski definition) is 1. The number of rotatable bonds is 5. The van der Waals surface area contributed by atoms with Gasteiger partial charge in [0.1, 0.15) is 0 Å². The van der Waals surface area contributed by atoms with Crippen LogP contribution >= 0.6 is 0 Å². The zero-order valence-corrected chi connectivity index (χ0v) is 10.7. The lowest BCUT2D eigenvalue weighted by Gasteiger charge is -2.26. The summed E-state index contributed by atoms with van der Waals surface area (Å²) < 4.78 is 61.8. The molecular formula is C10H17F3N2O2S. The van der Waals surface area contributed by atoms with Crippen molar-refractivity contribution in [1.82, 2.24) is 4.31 Å². The van der Waals surface area contributed by atoms with Crippen LogP contribution < -0.4 is 5.73 Å². The van der Waals surface area contributed by atoms with E-state index in [2.05, 4.69) is 0 Å². The van der Waals surface area contributed by atoms with Crippen molar-refractivity contribution < 1.29 is 21.6 Å². The SMILES string of the molecule is NCCCCS(=O)(=O)N1CC=C(C(F)(F)F)CC1. The Balaban J connectivity index is 2.59. The van der Waals surface area contributed by atoms with Crippen molar-refractivity contribution in [3.05, 3.63) is 11.6 Å². The molecule has 2 N–H and O–H groups in total. The third-order valence-corrected chi connectivity index (χ3v) is 4.71. The van der Waals surface area contributed by atoms with Crippen LogP contribution in [0.25, 0.3) is 0 Å². The second-order valence-electron chi connectivity index (χ2n) is 4.15. The fourth-order valence-electron chi connectivity index (χ4n) is 1.72. The molecule has 1 aliphatic rings. The minimum absolute atomic E-state index is 0.0562. The first kappa shape index (κ1) is 15.5. The van der Waals surface area contributed by atoms with E-state index in [0.29, 0.717) is 19.4 Å². The highest BCUT2D eigenvalue weighted by atomic mass is 32.2. The van der Waals surface area contributed by atoms with E-state index in [1.54, 1.807) is 0 Å². The Morgan fingerprint density at radius 3 is 2.44 bits per heavy atom. The molecule has 0 aromatic rings. The lowest BCUT2D eigenvalue weighted by Crippen LogP contribution is -2.38. The second kappa shape index (κ2) is 6.03. The van der Waals surface area contributed by atoms with Crippen molar-refractivity contribution in [2.24, 2.45) is 5.73 Å². The summed E-state index contributed by atoms with van der Waals surface area (Å²) in [7, 11) is -3.46. The average Bonchev–Trinajstić information content (AvgIpc) is 2.28. The van der Waals surface area contributed by atoms with Gasteiger partial charge in [-0.15, -0.1) is 0 Å². The third kappa shape index (κ3) is 4.25. The average molecular weight is 286 g/mol. The van der Waals surface area contributed by atoms with Crippen LogP contribution in [0.4, 0.5) is 13.2 Å². The Morgan fingerprint density at radius 2 is 2.00 bits per heavy atom. The molecule has 4 nitrogen and oxygen atoms in total. The fourth-order valence-corrected chi connectivity index (χ4v) is 3.22. The van der Waals surface area contributed by atoms with Gasteiger partial charge in [-0.1, -0.05) is 6.08 Å². The number of alkyl halides is 3. The topological polar surface area (TPSA) is 63.4 Å². The number of nitrogens with zero attached hydrogens (tertiary/aromatic N) is 1. The molecule has 0 aromatic heterocycles.